The third kappa shape index (κ3) is 3.45. The molecule has 0 spiro atoms. The van der Waals surface area contributed by atoms with E-state index in [2.05, 4.69) is 10.9 Å². The second-order valence-corrected chi connectivity index (χ2v) is 4.34. The summed E-state index contributed by atoms with van der Waals surface area (Å²) < 4.78 is 4.98. The Labute approximate surface area is 126 Å². The highest BCUT2D eigenvalue weighted by molar-refractivity contribution is 6.00. The zero-order valence-corrected chi connectivity index (χ0v) is 11.7. The lowest BCUT2D eigenvalue weighted by Gasteiger charge is -2.09. The molecule has 2 aromatic carbocycles. The molecule has 0 aromatic heterocycles. The predicted octanol–water partition coefficient (Wildman–Crippen LogP) is 1.18. The van der Waals surface area contributed by atoms with E-state index in [9.17, 15) is 14.7 Å². The Bertz CT molecular complexity index is 698. The van der Waals surface area contributed by atoms with Crippen molar-refractivity contribution in [2.75, 3.05) is 7.11 Å². The van der Waals surface area contributed by atoms with Gasteiger partial charge in [0.05, 0.1) is 12.7 Å². The van der Waals surface area contributed by atoms with E-state index in [1.54, 1.807) is 24.3 Å². The van der Waals surface area contributed by atoms with Crippen molar-refractivity contribution >= 4 is 11.8 Å². The number of hydrazine groups is 1. The Morgan fingerprint density at radius 3 is 2.18 bits per heavy atom. The van der Waals surface area contributed by atoms with Crippen LogP contribution in [0.4, 0.5) is 0 Å². The summed E-state index contributed by atoms with van der Waals surface area (Å²) in [6.07, 6.45) is 0. The van der Waals surface area contributed by atoms with Crippen molar-refractivity contribution < 1.29 is 24.5 Å². The zero-order chi connectivity index (χ0) is 16.1. The fourth-order valence-electron chi connectivity index (χ4n) is 1.71. The SMILES string of the molecule is COc1ccc(C(=O)NNC(=O)c2ccc(O)cc2O)cc1. The molecule has 4 N–H and O–H groups in total. The van der Waals surface area contributed by atoms with Gasteiger partial charge in [-0.3, -0.25) is 20.4 Å². The van der Waals surface area contributed by atoms with Crippen molar-refractivity contribution in [2.45, 2.75) is 0 Å². The van der Waals surface area contributed by atoms with Crippen LogP contribution in [0.1, 0.15) is 20.7 Å². The molecule has 22 heavy (non-hydrogen) atoms. The highest BCUT2D eigenvalue weighted by Gasteiger charge is 2.13. The van der Waals surface area contributed by atoms with Crippen molar-refractivity contribution in [1.82, 2.24) is 10.9 Å². The number of aromatic hydroxyl groups is 2. The Hall–Kier alpha value is -3.22. The Kier molecular flexibility index (Phi) is 4.47. The molecule has 0 unspecified atom stereocenters. The number of hydrogen-bond acceptors (Lipinski definition) is 5. The van der Waals surface area contributed by atoms with Crippen LogP contribution < -0.4 is 15.6 Å². The minimum Gasteiger partial charge on any atom is -0.508 e. The number of ether oxygens (including phenoxy) is 1. The first-order chi connectivity index (χ1) is 10.5. The van der Waals surface area contributed by atoms with Crippen LogP contribution in [-0.4, -0.2) is 29.1 Å². The van der Waals surface area contributed by atoms with E-state index in [0.29, 0.717) is 11.3 Å². The van der Waals surface area contributed by atoms with Crippen LogP contribution in [0, 0.1) is 0 Å². The van der Waals surface area contributed by atoms with E-state index in [4.69, 9.17) is 9.84 Å². The van der Waals surface area contributed by atoms with Gasteiger partial charge in [-0.25, -0.2) is 0 Å². The number of rotatable bonds is 3. The number of hydrogen-bond donors (Lipinski definition) is 4. The summed E-state index contributed by atoms with van der Waals surface area (Å²) in [6.45, 7) is 0. The molecule has 2 rings (SSSR count). The van der Waals surface area contributed by atoms with Gasteiger partial charge >= 0.3 is 0 Å². The molecule has 0 fully saturated rings. The van der Waals surface area contributed by atoms with Gasteiger partial charge in [-0.05, 0) is 36.4 Å². The molecule has 7 heteroatoms. The summed E-state index contributed by atoms with van der Waals surface area (Å²) in [5.74, 6) is -1.18. The Morgan fingerprint density at radius 2 is 1.59 bits per heavy atom. The molecule has 0 atom stereocenters. The summed E-state index contributed by atoms with van der Waals surface area (Å²) in [5.41, 5.74) is 4.65. The van der Waals surface area contributed by atoms with E-state index in [0.717, 1.165) is 6.07 Å². The minimum absolute atomic E-state index is 0.0761. The van der Waals surface area contributed by atoms with Crippen molar-refractivity contribution in [1.29, 1.82) is 0 Å². The molecule has 0 saturated carbocycles. The van der Waals surface area contributed by atoms with Gasteiger partial charge in [-0.15, -0.1) is 0 Å². The molecule has 0 aliphatic heterocycles. The Balaban J connectivity index is 1.99. The maximum atomic E-state index is 11.8. The van der Waals surface area contributed by atoms with Crippen molar-refractivity contribution in [2.24, 2.45) is 0 Å². The molecule has 0 bridgehead atoms. The fraction of sp³-hybridized carbons (Fsp3) is 0.0667. The largest absolute Gasteiger partial charge is 0.508 e. The lowest BCUT2D eigenvalue weighted by atomic mass is 10.2. The van der Waals surface area contributed by atoms with E-state index in [1.165, 1.54) is 19.2 Å². The number of carbonyl (C=O) groups excluding carboxylic acids is 2. The van der Waals surface area contributed by atoms with Crippen molar-refractivity contribution in [3.8, 4) is 17.2 Å². The number of benzene rings is 2. The maximum absolute atomic E-state index is 11.8. The smallest absolute Gasteiger partial charge is 0.273 e. The van der Waals surface area contributed by atoms with Crippen molar-refractivity contribution in [3.05, 3.63) is 53.6 Å². The normalized spacial score (nSPS) is 9.86. The molecular formula is C15H14N2O5. The van der Waals surface area contributed by atoms with Crippen LogP contribution in [0.25, 0.3) is 0 Å². The van der Waals surface area contributed by atoms with Crippen LogP contribution in [0.15, 0.2) is 42.5 Å². The molecule has 0 heterocycles. The Morgan fingerprint density at radius 1 is 0.955 bits per heavy atom. The number of methoxy groups -OCH3 is 1. The molecule has 0 saturated heterocycles. The fourth-order valence-corrected chi connectivity index (χ4v) is 1.71. The van der Waals surface area contributed by atoms with Gasteiger partial charge in [0.15, 0.2) is 0 Å². The highest BCUT2D eigenvalue weighted by Crippen LogP contribution is 2.22. The second kappa shape index (κ2) is 6.49. The monoisotopic (exact) mass is 302 g/mol. The summed E-state index contributed by atoms with van der Waals surface area (Å²) in [4.78, 5) is 23.7. The standard InChI is InChI=1S/C15H14N2O5/c1-22-11-5-2-9(3-6-11)14(20)16-17-15(21)12-7-4-10(18)8-13(12)19/h2-8,18-19H,1H3,(H,16,20)(H,17,21). The highest BCUT2D eigenvalue weighted by atomic mass is 16.5. The third-order valence-electron chi connectivity index (χ3n) is 2.87. The van der Waals surface area contributed by atoms with Crippen LogP contribution >= 0.6 is 0 Å². The summed E-state index contributed by atoms with van der Waals surface area (Å²) in [7, 11) is 1.51. The van der Waals surface area contributed by atoms with Gasteiger partial charge in [0.25, 0.3) is 11.8 Å². The van der Waals surface area contributed by atoms with Crippen LogP contribution in [0.3, 0.4) is 0 Å². The van der Waals surface area contributed by atoms with Gasteiger partial charge in [0.2, 0.25) is 0 Å². The van der Waals surface area contributed by atoms with Gasteiger partial charge in [0.1, 0.15) is 17.2 Å². The first kappa shape index (κ1) is 15.2. The molecule has 7 nitrogen and oxygen atoms in total. The number of carbonyl (C=O) groups is 2. The summed E-state index contributed by atoms with van der Waals surface area (Å²) >= 11 is 0. The second-order valence-electron chi connectivity index (χ2n) is 4.34. The number of nitrogens with one attached hydrogen (secondary N) is 2. The first-order valence-corrected chi connectivity index (χ1v) is 6.28. The van der Waals surface area contributed by atoms with Gasteiger partial charge in [-0.1, -0.05) is 0 Å². The zero-order valence-electron chi connectivity index (χ0n) is 11.7. The van der Waals surface area contributed by atoms with Gasteiger partial charge in [-0.2, -0.15) is 0 Å². The molecule has 0 aliphatic rings. The van der Waals surface area contributed by atoms with E-state index in [1.807, 2.05) is 0 Å². The topological polar surface area (TPSA) is 108 Å². The minimum atomic E-state index is -0.709. The molecule has 2 amide bonds. The quantitative estimate of drug-likeness (QED) is 0.637. The third-order valence-corrected chi connectivity index (χ3v) is 2.87. The van der Waals surface area contributed by atoms with Crippen LogP contribution in [-0.2, 0) is 0 Å². The van der Waals surface area contributed by atoms with E-state index >= 15 is 0 Å². The molecule has 0 aliphatic carbocycles. The lowest BCUT2D eigenvalue weighted by Crippen LogP contribution is -2.41. The van der Waals surface area contributed by atoms with Crippen molar-refractivity contribution in [3.63, 3.8) is 0 Å². The molecule has 0 radical (unpaired) electrons. The van der Waals surface area contributed by atoms with Gasteiger partial charge in [0, 0.05) is 11.6 Å². The van der Waals surface area contributed by atoms with Gasteiger partial charge < -0.3 is 14.9 Å². The average molecular weight is 302 g/mol. The average Bonchev–Trinajstić information content (AvgIpc) is 2.52. The van der Waals surface area contributed by atoms with E-state index in [-0.39, 0.29) is 11.3 Å². The predicted molar refractivity (Wildman–Crippen MR) is 77.7 cm³/mol. The molecule has 114 valence electrons. The van der Waals surface area contributed by atoms with Crippen LogP contribution in [0.2, 0.25) is 0 Å². The number of phenols is 2. The summed E-state index contributed by atoms with van der Waals surface area (Å²) in [5, 5.41) is 18.7. The van der Waals surface area contributed by atoms with E-state index < -0.39 is 17.6 Å². The lowest BCUT2D eigenvalue weighted by molar-refractivity contribution is 0.0845. The maximum Gasteiger partial charge on any atom is 0.273 e. The number of amides is 2. The first-order valence-electron chi connectivity index (χ1n) is 6.28. The number of phenolic OH excluding ortho intramolecular Hbond substituents is 2. The summed E-state index contributed by atoms with van der Waals surface area (Å²) in [6, 6.07) is 9.82. The van der Waals surface area contributed by atoms with Crippen LogP contribution in [0.5, 0.6) is 17.2 Å². The molecule has 2 aromatic rings. The molecular weight excluding hydrogens is 288 g/mol.